The van der Waals surface area contributed by atoms with Crippen LogP contribution in [-0.2, 0) is 0 Å². The Morgan fingerprint density at radius 2 is 1.78 bits per heavy atom. The maximum Gasteiger partial charge on any atom is 0.116 e. The second kappa shape index (κ2) is 3.67. The van der Waals surface area contributed by atoms with Crippen molar-refractivity contribution in [2.24, 2.45) is 0 Å². The van der Waals surface area contributed by atoms with Crippen molar-refractivity contribution >= 4 is 21.8 Å². The molecule has 1 heterocycles. The van der Waals surface area contributed by atoms with Crippen LogP contribution in [0.15, 0.2) is 36.4 Å². The third-order valence-electron chi connectivity index (χ3n) is 3.38. The van der Waals surface area contributed by atoms with Gasteiger partial charge in [-0.05, 0) is 29.7 Å². The molecule has 3 rings (SSSR count). The van der Waals surface area contributed by atoms with Crippen LogP contribution in [0, 0.1) is 0 Å². The van der Waals surface area contributed by atoms with Crippen LogP contribution >= 0.6 is 0 Å². The number of aromatic hydroxyl groups is 1. The molecule has 0 unspecified atom stereocenters. The van der Waals surface area contributed by atoms with E-state index < -0.39 is 0 Å². The molecule has 18 heavy (non-hydrogen) atoms. The lowest BCUT2D eigenvalue weighted by molar-refractivity contribution is 0.212. The number of nitrogens with zero attached hydrogens (tertiary/aromatic N) is 1. The summed E-state index contributed by atoms with van der Waals surface area (Å²) >= 11 is 0. The molecule has 0 atom stereocenters. The number of fused-ring (bicyclic) bond motifs is 3. The minimum atomic E-state index is 0.231. The van der Waals surface area contributed by atoms with Crippen molar-refractivity contribution in [2.45, 2.75) is 19.8 Å². The van der Waals surface area contributed by atoms with Gasteiger partial charge in [0.15, 0.2) is 0 Å². The summed E-state index contributed by atoms with van der Waals surface area (Å²) in [7, 11) is 0. The molecular formula is C15H15NO2. The summed E-state index contributed by atoms with van der Waals surface area (Å²) in [6.45, 7) is 4.10. The van der Waals surface area contributed by atoms with Crippen LogP contribution in [0.25, 0.3) is 21.8 Å². The van der Waals surface area contributed by atoms with E-state index in [1.807, 2.05) is 38.1 Å². The van der Waals surface area contributed by atoms with Crippen LogP contribution in [-0.4, -0.2) is 15.0 Å². The number of phenols is 1. The molecule has 0 fully saturated rings. The van der Waals surface area contributed by atoms with Crippen LogP contribution in [0.1, 0.15) is 25.3 Å². The van der Waals surface area contributed by atoms with E-state index in [4.69, 9.17) is 0 Å². The quantitative estimate of drug-likeness (QED) is 0.635. The summed E-state index contributed by atoms with van der Waals surface area (Å²) in [6.07, 6.45) is 0. The minimum absolute atomic E-state index is 0.231. The Bertz CT molecular complexity index is 741. The molecule has 0 aliphatic rings. The van der Waals surface area contributed by atoms with E-state index in [1.165, 1.54) is 4.73 Å². The fraction of sp³-hybridized carbons (Fsp3) is 0.200. The first kappa shape index (κ1) is 11.0. The van der Waals surface area contributed by atoms with Crippen molar-refractivity contribution in [1.29, 1.82) is 0 Å². The minimum Gasteiger partial charge on any atom is -0.508 e. The summed E-state index contributed by atoms with van der Waals surface area (Å²) in [5, 5.41) is 22.0. The highest BCUT2D eigenvalue weighted by Gasteiger charge is 2.16. The summed E-state index contributed by atoms with van der Waals surface area (Å²) in [5.41, 5.74) is 2.49. The summed E-state index contributed by atoms with van der Waals surface area (Å²) in [4.78, 5) is 0. The van der Waals surface area contributed by atoms with E-state index in [9.17, 15) is 10.3 Å². The Kier molecular flexibility index (Phi) is 2.23. The number of aromatic nitrogens is 1. The van der Waals surface area contributed by atoms with Gasteiger partial charge in [0.25, 0.3) is 0 Å². The number of hydrogen-bond donors (Lipinski definition) is 2. The molecule has 0 aliphatic heterocycles. The SMILES string of the molecule is CC(C)c1cc(O)cc2c3ccccc3n(O)c12. The molecule has 3 aromatic rings. The van der Waals surface area contributed by atoms with Gasteiger partial charge < -0.3 is 10.3 Å². The first-order valence-corrected chi connectivity index (χ1v) is 6.05. The normalized spacial score (nSPS) is 11.7. The Labute approximate surface area is 105 Å². The van der Waals surface area contributed by atoms with E-state index in [2.05, 4.69) is 0 Å². The van der Waals surface area contributed by atoms with Gasteiger partial charge in [-0.1, -0.05) is 32.0 Å². The molecule has 3 heteroatoms. The van der Waals surface area contributed by atoms with Gasteiger partial charge in [-0.25, -0.2) is 0 Å². The number of para-hydroxylation sites is 1. The molecule has 0 bridgehead atoms. The van der Waals surface area contributed by atoms with Crippen molar-refractivity contribution in [3.8, 4) is 5.75 Å². The van der Waals surface area contributed by atoms with Gasteiger partial charge in [-0.15, -0.1) is 0 Å². The first-order chi connectivity index (χ1) is 8.59. The van der Waals surface area contributed by atoms with Crippen molar-refractivity contribution in [2.75, 3.05) is 0 Å². The number of hydrogen-bond acceptors (Lipinski definition) is 2. The van der Waals surface area contributed by atoms with E-state index >= 15 is 0 Å². The van der Waals surface area contributed by atoms with Crippen LogP contribution in [0.2, 0.25) is 0 Å². The van der Waals surface area contributed by atoms with Crippen molar-refractivity contribution in [1.82, 2.24) is 4.73 Å². The second-order valence-electron chi connectivity index (χ2n) is 4.91. The Balaban J connectivity index is 2.59. The standard InChI is InChI=1S/C15H15NO2/c1-9(2)12-7-10(17)8-13-11-5-3-4-6-14(11)16(18)15(12)13/h3-9,17-18H,1-2H3. The molecule has 2 N–H and O–H groups in total. The lowest BCUT2D eigenvalue weighted by Crippen LogP contribution is -1.95. The fourth-order valence-electron chi connectivity index (χ4n) is 2.53. The van der Waals surface area contributed by atoms with Gasteiger partial charge in [0.1, 0.15) is 5.75 Å². The molecule has 0 radical (unpaired) electrons. The van der Waals surface area contributed by atoms with Crippen molar-refractivity contribution in [3.63, 3.8) is 0 Å². The zero-order valence-electron chi connectivity index (χ0n) is 10.4. The van der Waals surface area contributed by atoms with Crippen LogP contribution in [0.5, 0.6) is 5.75 Å². The highest BCUT2D eigenvalue weighted by molar-refractivity contribution is 6.09. The molecule has 0 saturated heterocycles. The van der Waals surface area contributed by atoms with Crippen LogP contribution in [0.4, 0.5) is 0 Å². The lowest BCUT2D eigenvalue weighted by atomic mass is 9.99. The van der Waals surface area contributed by atoms with E-state index in [0.717, 1.165) is 27.4 Å². The smallest absolute Gasteiger partial charge is 0.116 e. The third kappa shape index (κ3) is 1.37. The second-order valence-corrected chi connectivity index (χ2v) is 4.91. The topological polar surface area (TPSA) is 45.4 Å². The van der Waals surface area contributed by atoms with E-state index in [0.29, 0.717) is 0 Å². The highest BCUT2D eigenvalue weighted by Crippen LogP contribution is 2.35. The van der Waals surface area contributed by atoms with Gasteiger partial charge in [0, 0.05) is 10.8 Å². The molecular weight excluding hydrogens is 226 g/mol. The Morgan fingerprint density at radius 3 is 2.50 bits per heavy atom. The van der Waals surface area contributed by atoms with E-state index in [-0.39, 0.29) is 11.7 Å². The maximum absolute atomic E-state index is 10.3. The zero-order valence-corrected chi connectivity index (χ0v) is 10.4. The third-order valence-corrected chi connectivity index (χ3v) is 3.38. The molecule has 3 nitrogen and oxygen atoms in total. The van der Waals surface area contributed by atoms with Gasteiger partial charge in [-0.3, -0.25) is 0 Å². The average Bonchev–Trinajstić information content (AvgIpc) is 2.63. The average molecular weight is 241 g/mol. The summed E-state index contributed by atoms with van der Waals surface area (Å²) < 4.78 is 1.22. The Morgan fingerprint density at radius 1 is 1.06 bits per heavy atom. The van der Waals surface area contributed by atoms with Crippen molar-refractivity contribution < 1.29 is 10.3 Å². The number of phenolic OH excluding ortho intramolecular Hbond substituents is 1. The molecule has 2 aromatic carbocycles. The first-order valence-electron chi connectivity index (χ1n) is 6.05. The molecule has 92 valence electrons. The number of benzene rings is 2. The fourth-order valence-corrected chi connectivity index (χ4v) is 2.53. The van der Waals surface area contributed by atoms with Gasteiger partial charge in [0.05, 0.1) is 11.0 Å². The number of rotatable bonds is 1. The predicted octanol–water partition coefficient (Wildman–Crippen LogP) is 3.86. The summed E-state index contributed by atoms with van der Waals surface area (Å²) in [5.74, 6) is 0.470. The van der Waals surface area contributed by atoms with Gasteiger partial charge in [0.2, 0.25) is 0 Å². The van der Waals surface area contributed by atoms with Crippen LogP contribution in [0.3, 0.4) is 0 Å². The molecule has 0 saturated carbocycles. The highest BCUT2D eigenvalue weighted by atomic mass is 16.5. The molecule has 0 spiro atoms. The monoisotopic (exact) mass is 241 g/mol. The summed E-state index contributed by atoms with van der Waals surface area (Å²) in [6, 6.07) is 11.1. The lowest BCUT2D eigenvalue weighted by Gasteiger charge is -2.09. The van der Waals surface area contributed by atoms with Crippen molar-refractivity contribution in [3.05, 3.63) is 42.0 Å². The predicted molar refractivity (Wildman–Crippen MR) is 72.4 cm³/mol. The zero-order chi connectivity index (χ0) is 12.9. The Hall–Kier alpha value is -2.16. The molecule has 1 aromatic heterocycles. The van der Waals surface area contributed by atoms with Gasteiger partial charge in [-0.2, -0.15) is 4.73 Å². The van der Waals surface area contributed by atoms with Gasteiger partial charge >= 0.3 is 0 Å². The van der Waals surface area contributed by atoms with Crippen LogP contribution < -0.4 is 0 Å². The molecule has 0 aliphatic carbocycles. The largest absolute Gasteiger partial charge is 0.508 e. The maximum atomic E-state index is 10.3. The van der Waals surface area contributed by atoms with E-state index in [1.54, 1.807) is 12.1 Å². The molecule has 0 amide bonds.